The normalized spacial score (nSPS) is 11.2. The summed E-state index contributed by atoms with van der Waals surface area (Å²) in [6.07, 6.45) is 0. The highest BCUT2D eigenvalue weighted by molar-refractivity contribution is 6.32. The van der Waals surface area contributed by atoms with Crippen molar-refractivity contribution in [2.45, 2.75) is 26.6 Å². The Morgan fingerprint density at radius 1 is 1.30 bits per heavy atom. The summed E-state index contributed by atoms with van der Waals surface area (Å²) in [5, 5.41) is 4.06. The SMILES string of the molecule is CCN(Cc1cc(F)c(OC)c(Cl)c1)Cc1nc(COC)no1. The summed E-state index contributed by atoms with van der Waals surface area (Å²) in [5.41, 5.74) is 0.742. The molecule has 0 spiro atoms. The standard InChI is InChI=1S/C15H19ClFN3O3/c1-4-20(8-14-18-13(9-21-2)19-23-14)7-10-5-11(16)15(22-3)12(17)6-10/h5-6H,4,7-9H2,1-3H3. The molecule has 0 aliphatic rings. The Labute approximate surface area is 139 Å². The monoisotopic (exact) mass is 343 g/mol. The minimum atomic E-state index is -0.480. The number of ether oxygens (including phenoxy) is 2. The van der Waals surface area contributed by atoms with Crippen LogP contribution in [0.1, 0.15) is 24.2 Å². The summed E-state index contributed by atoms with van der Waals surface area (Å²) >= 11 is 6.02. The summed E-state index contributed by atoms with van der Waals surface area (Å²) in [6, 6.07) is 3.10. The molecule has 0 unspecified atom stereocenters. The van der Waals surface area contributed by atoms with E-state index in [9.17, 15) is 4.39 Å². The Bertz CT molecular complexity index is 628. The fraction of sp³-hybridized carbons (Fsp3) is 0.467. The minimum absolute atomic E-state index is 0.0552. The second-order valence-electron chi connectivity index (χ2n) is 4.93. The Hall–Kier alpha value is -1.70. The van der Waals surface area contributed by atoms with Crippen LogP contribution in [0.3, 0.4) is 0 Å². The lowest BCUT2D eigenvalue weighted by molar-refractivity contribution is 0.174. The molecule has 0 radical (unpaired) electrons. The Kier molecular flexibility index (Phi) is 6.32. The van der Waals surface area contributed by atoms with Gasteiger partial charge in [0.05, 0.1) is 18.7 Å². The van der Waals surface area contributed by atoms with Gasteiger partial charge in [0.1, 0.15) is 6.61 Å². The van der Waals surface area contributed by atoms with Gasteiger partial charge in [-0.2, -0.15) is 4.98 Å². The van der Waals surface area contributed by atoms with Crippen molar-refractivity contribution in [1.82, 2.24) is 15.0 Å². The van der Waals surface area contributed by atoms with Crippen LogP contribution in [0.4, 0.5) is 4.39 Å². The minimum Gasteiger partial charge on any atom is -0.492 e. The van der Waals surface area contributed by atoms with Crippen LogP contribution in [0, 0.1) is 5.82 Å². The number of methoxy groups -OCH3 is 2. The van der Waals surface area contributed by atoms with Crippen molar-refractivity contribution < 1.29 is 18.4 Å². The van der Waals surface area contributed by atoms with Crippen LogP contribution < -0.4 is 4.74 Å². The quantitative estimate of drug-likeness (QED) is 0.734. The molecule has 0 amide bonds. The van der Waals surface area contributed by atoms with E-state index in [1.165, 1.54) is 13.2 Å². The van der Waals surface area contributed by atoms with E-state index in [0.29, 0.717) is 31.4 Å². The number of benzene rings is 1. The zero-order chi connectivity index (χ0) is 16.8. The summed E-state index contributed by atoms with van der Waals surface area (Å²) in [4.78, 5) is 6.26. The van der Waals surface area contributed by atoms with Crippen molar-refractivity contribution in [1.29, 1.82) is 0 Å². The second-order valence-corrected chi connectivity index (χ2v) is 5.34. The lowest BCUT2D eigenvalue weighted by Crippen LogP contribution is -2.22. The lowest BCUT2D eigenvalue weighted by Gasteiger charge is -2.19. The number of hydrogen-bond acceptors (Lipinski definition) is 6. The third-order valence-electron chi connectivity index (χ3n) is 3.26. The first-order chi connectivity index (χ1) is 11.1. The number of hydrogen-bond donors (Lipinski definition) is 0. The zero-order valence-electron chi connectivity index (χ0n) is 13.3. The van der Waals surface area contributed by atoms with Crippen molar-refractivity contribution in [3.8, 4) is 5.75 Å². The van der Waals surface area contributed by atoms with E-state index >= 15 is 0 Å². The molecule has 2 aromatic rings. The van der Waals surface area contributed by atoms with Crippen LogP contribution in [0.25, 0.3) is 0 Å². The molecule has 1 aromatic heterocycles. The van der Waals surface area contributed by atoms with Crippen LogP contribution >= 0.6 is 11.6 Å². The van der Waals surface area contributed by atoms with Crippen molar-refractivity contribution in [3.63, 3.8) is 0 Å². The van der Waals surface area contributed by atoms with E-state index < -0.39 is 5.82 Å². The molecule has 0 atom stereocenters. The molecule has 23 heavy (non-hydrogen) atoms. The summed E-state index contributed by atoms with van der Waals surface area (Å²) in [5.74, 6) is 0.557. The molecule has 126 valence electrons. The highest BCUT2D eigenvalue weighted by atomic mass is 35.5. The molecule has 0 fully saturated rings. The molecule has 8 heteroatoms. The predicted molar refractivity (Wildman–Crippen MR) is 82.8 cm³/mol. The topological polar surface area (TPSA) is 60.6 Å². The van der Waals surface area contributed by atoms with Gasteiger partial charge in [-0.15, -0.1) is 0 Å². The molecule has 1 heterocycles. The maximum atomic E-state index is 13.9. The second kappa shape index (κ2) is 8.24. The zero-order valence-corrected chi connectivity index (χ0v) is 14.1. The molecule has 0 aliphatic heterocycles. The lowest BCUT2D eigenvalue weighted by atomic mass is 10.2. The smallest absolute Gasteiger partial charge is 0.240 e. The van der Waals surface area contributed by atoms with Crippen LogP contribution in [0.2, 0.25) is 5.02 Å². The van der Waals surface area contributed by atoms with E-state index in [1.54, 1.807) is 13.2 Å². The third kappa shape index (κ3) is 4.63. The highest BCUT2D eigenvalue weighted by Gasteiger charge is 2.14. The van der Waals surface area contributed by atoms with Gasteiger partial charge in [-0.3, -0.25) is 4.90 Å². The van der Waals surface area contributed by atoms with Crippen molar-refractivity contribution in [3.05, 3.63) is 40.3 Å². The van der Waals surface area contributed by atoms with Gasteiger partial charge in [-0.25, -0.2) is 4.39 Å². The molecule has 0 aliphatic carbocycles. The third-order valence-corrected chi connectivity index (χ3v) is 3.54. The van der Waals surface area contributed by atoms with E-state index in [1.807, 2.05) is 11.8 Å². The molecular formula is C15H19ClFN3O3. The van der Waals surface area contributed by atoms with Gasteiger partial charge in [-0.1, -0.05) is 23.7 Å². The van der Waals surface area contributed by atoms with Gasteiger partial charge in [0.2, 0.25) is 5.89 Å². The van der Waals surface area contributed by atoms with Crippen molar-refractivity contribution in [2.75, 3.05) is 20.8 Å². The fourth-order valence-electron chi connectivity index (χ4n) is 2.17. The first-order valence-electron chi connectivity index (χ1n) is 7.12. The molecular weight excluding hydrogens is 325 g/mol. The van der Waals surface area contributed by atoms with Gasteiger partial charge >= 0.3 is 0 Å². The summed E-state index contributed by atoms with van der Waals surface area (Å²) < 4.78 is 28.9. The van der Waals surface area contributed by atoms with E-state index in [0.717, 1.165) is 12.1 Å². The predicted octanol–water partition coefficient (Wildman–Crippen LogP) is 3.04. The van der Waals surface area contributed by atoms with Crippen molar-refractivity contribution in [2.24, 2.45) is 0 Å². The summed E-state index contributed by atoms with van der Waals surface area (Å²) in [6.45, 7) is 3.98. The van der Waals surface area contributed by atoms with E-state index in [4.69, 9.17) is 25.6 Å². The average molecular weight is 344 g/mol. The first-order valence-corrected chi connectivity index (χ1v) is 7.49. The molecule has 0 N–H and O–H groups in total. The Morgan fingerprint density at radius 3 is 2.70 bits per heavy atom. The number of halogens is 2. The number of nitrogens with zero attached hydrogens (tertiary/aromatic N) is 3. The Balaban J connectivity index is 2.06. The fourth-order valence-corrected chi connectivity index (χ4v) is 2.48. The van der Waals surface area contributed by atoms with Gasteiger partial charge in [0, 0.05) is 13.7 Å². The molecule has 0 saturated heterocycles. The molecule has 0 bridgehead atoms. The molecule has 6 nitrogen and oxygen atoms in total. The molecule has 0 saturated carbocycles. The van der Waals surface area contributed by atoms with Gasteiger partial charge in [0.15, 0.2) is 17.4 Å². The number of rotatable bonds is 8. The molecule has 1 aromatic carbocycles. The first kappa shape index (κ1) is 17.7. The number of aromatic nitrogens is 2. The van der Waals surface area contributed by atoms with E-state index in [-0.39, 0.29) is 10.8 Å². The largest absolute Gasteiger partial charge is 0.492 e. The van der Waals surface area contributed by atoms with Crippen molar-refractivity contribution >= 4 is 11.6 Å². The average Bonchev–Trinajstić information content (AvgIpc) is 2.94. The summed E-state index contributed by atoms with van der Waals surface area (Å²) in [7, 11) is 2.95. The van der Waals surface area contributed by atoms with Crippen LogP contribution in [-0.4, -0.2) is 35.8 Å². The molecule has 2 rings (SSSR count). The van der Waals surface area contributed by atoms with Crippen LogP contribution in [0.5, 0.6) is 5.75 Å². The van der Waals surface area contributed by atoms with Crippen LogP contribution in [0.15, 0.2) is 16.7 Å². The maximum absolute atomic E-state index is 13.9. The van der Waals surface area contributed by atoms with Gasteiger partial charge < -0.3 is 14.0 Å². The van der Waals surface area contributed by atoms with Crippen LogP contribution in [-0.2, 0) is 24.4 Å². The highest BCUT2D eigenvalue weighted by Crippen LogP contribution is 2.29. The maximum Gasteiger partial charge on any atom is 0.240 e. The van der Waals surface area contributed by atoms with Gasteiger partial charge in [0.25, 0.3) is 0 Å². The van der Waals surface area contributed by atoms with E-state index in [2.05, 4.69) is 10.1 Å². The van der Waals surface area contributed by atoms with Gasteiger partial charge in [-0.05, 0) is 24.2 Å². The Morgan fingerprint density at radius 2 is 2.09 bits per heavy atom.